The predicted molar refractivity (Wildman–Crippen MR) is 314 cm³/mol. The molecule has 0 bridgehead atoms. The van der Waals surface area contributed by atoms with Crippen molar-refractivity contribution in [2.24, 2.45) is 0 Å². The summed E-state index contributed by atoms with van der Waals surface area (Å²) < 4.78 is 34.1. The number of ether oxygens (including phenoxy) is 2. The molecular formula is C64H108NO8P. The highest BCUT2D eigenvalue weighted by Gasteiger charge is 2.21. The highest BCUT2D eigenvalue weighted by atomic mass is 31.2. The molecule has 0 amide bonds. The van der Waals surface area contributed by atoms with E-state index in [-0.39, 0.29) is 26.1 Å². The Bertz CT molecular complexity index is 1660. The van der Waals surface area contributed by atoms with Gasteiger partial charge in [-0.2, -0.15) is 0 Å². The Hall–Kier alpha value is -3.59. The van der Waals surface area contributed by atoms with Crippen LogP contribution in [0, 0.1) is 0 Å². The van der Waals surface area contributed by atoms with Gasteiger partial charge in [0.25, 0.3) is 7.82 Å². The normalized spacial score (nSPS) is 14.2. The van der Waals surface area contributed by atoms with Crippen LogP contribution in [0.4, 0.5) is 0 Å². The number of rotatable bonds is 52. The third-order valence-electron chi connectivity index (χ3n) is 12.0. The molecule has 0 aromatic carbocycles. The molecule has 2 atom stereocenters. The van der Waals surface area contributed by atoms with E-state index in [9.17, 15) is 19.0 Å². The van der Waals surface area contributed by atoms with Crippen molar-refractivity contribution in [1.82, 2.24) is 0 Å². The molecule has 0 aliphatic carbocycles. The fourth-order valence-electron chi connectivity index (χ4n) is 7.47. The summed E-state index contributed by atoms with van der Waals surface area (Å²) in [7, 11) is 1.13. The van der Waals surface area contributed by atoms with Crippen molar-refractivity contribution in [2.45, 2.75) is 225 Å². The second-order valence-electron chi connectivity index (χ2n) is 20.3. The molecule has 422 valence electrons. The van der Waals surface area contributed by atoms with Crippen molar-refractivity contribution in [2.75, 3.05) is 47.5 Å². The van der Waals surface area contributed by atoms with Gasteiger partial charge in [0, 0.05) is 12.8 Å². The molecule has 0 aromatic heterocycles. The molecule has 0 spiro atoms. The maximum absolute atomic E-state index is 12.8. The number of esters is 2. The zero-order valence-electron chi connectivity index (χ0n) is 47.7. The number of hydrogen-bond donors (Lipinski definition) is 0. The zero-order valence-corrected chi connectivity index (χ0v) is 48.6. The Kier molecular flexibility index (Phi) is 51.6. The topological polar surface area (TPSA) is 111 Å². The van der Waals surface area contributed by atoms with E-state index < -0.39 is 32.5 Å². The number of allylic oxidation sites excluding steroid dienone is 20. The molecule has 0 saturated carbocycles. The lowest BCUT2D eigenvalue weighted by Gasteiger charge is -2.28. The highest BCUT2D eigenvalue weighted by Crippen LogP contribution is 2.38. The summed E-state index contributed by atoms with van der Waals surface area (Å²) in [4.78, 5) is 37.8. The Morgan fingerprint density at radius 1 is 0.432 bits per heavy atom. The first-order valence-corrected chi connectivity index (χ1v) is 30.7. The molecule has 10 heteroatoms. The molecule has 2 unspecified atom stereocenters. The Morgan fingerprint density at radius 3 is 1.16 bits per heavy atom. The van der Waals surface area contributed by atoms with Gasteiger partial charge in [-0.25, -0.2) is 0 Å². The van der Waals surface area contributed by atoms with Crippen LogP contribution in [0.15, 0.2) is 122 Å². The molecule has 0 N–H and O–H groups in total. The smallest absolute Gasteiger partial charge is 0.306 e. The minimum absolute atomic E-state index is 0.0419. The van der Waals surface area contributed by atoms with Crippen molar-refractivity contribution in [3.8, 4) is 0 Å². The molecule has 0 aliphatic heterocycles. The summed E-state index contributed by atoms with van der Waals surface area (Å²) >= 11 is 0. The van der Waals surface area contributed by atoms with Crippen LogP contribution in [0.3, 0.4) is 0 Å². The first-order chi connectivity index (χ1) is 36.0. The molecular weight excluding hydrogens is 942 g/mol. The lowest BCUT2D eigenvalue weighted by atomic mass is 10.1. The maximum atomic E-state index is 12.8. The second kappa shape index (κ2) is 54.2. The molecule has 0 saturated heterocycles. The summed E-state index contributed by atoms with van der Waals surface area (Å²) in [5, 5.41) is 0. The van der Waals surface area contributed by atoms with Gasteiger partial charge in [0.05, 0.1) is 27.7 Å². The lowest BCUT2D eigenvalue weighted by Crippen LogP contribution is -2.37. The van der Waals surface area contributed by atoms with Crippen molar-refractivity contribution in [1.29, 1.82) is 0 Å². The number of nitrogens with zero attached hydrogens (tertiary/aromatic N) is 1. The zero-order chi connectivity index (χ0) is 54.2. The van der Waals surface area contributed by atoms with Crippen LogP contribution >= 0.6 is 7.82 Å². The second-order valence-corrected chi connectivity index (χ2v) is 21.7. The number of unbranched alkanes of at least 4 members (excludes halogenated alkanes) is 18. The molecule has 0 aromatic rings. The number of carbonyl (C=O) groups excluding carboxylic acids is 2. The van der Waals surface area contributed by atoms with E-state index in [2.05, 4.69) is 135 Å². The van der Waals surface area contributed by atoms with Crippen molar-refractivity contribution < 1.29 is 42.1 Å². The Labute approximate surface area is 454 Å². The van der Waals surface area contributed by atoms with Gasteiger partial charge < -0.3 is 27.9 Å². The van der Waals surface area contributed by atoms with Crippen molar-refractivity contribution >= 4 is 19.8 Å². The third-order valence-corrected chi connectivity index (χ3v) is 12.9. The average Bonchev–Trinajstić information content (AvgIpc) is 3.36. The molecule has 9 nitrogen and oxygen atoms in total. The van der Waals surface area contributed by atoms with Crippen LogP contribution in [0.25, 0.3) is 0 Å². The molecule has 0 rings (SSSR count). The van der Waals surface area contributed by atoms with Gasteiger partial charge in [-0.15, -0.1) is 0 Å². The largest absolute Gasteiger partial charge is 0.756 e. The Balaban J connectivity index is 4.25. The average molecular weight is 1050 g/mol. The number of phosphoric acid groups is 1. The number of likely N-dealkylation sites (N-methyl/N-ethyl adjacent to an activating group) is 1. The van der Waals surface area contributed by atoms with Crippen LogP contribution in [-0.4, -0.2) is 70.0 Å². The van der Waals surface area contributed by atoms with E-state index in [1.165, 1.54) is 64.2 Å². The minimum atomic E-state index is -4.65. The first kappa shape index (κ1) is 70.4. The van der Waals surface area contributed by atoms with E-state index in [1.54, 1.807) is 0 Å². The van der Waals surface area contributed by atoms with Gasteiger partial charge in [0.1, 0.15) is 19.8 Å². The SMILES string of the molecule is CC/C=C\C/C=C\C/C=C\C/C=C\C/C=C\C/C=C\C/C=C\C/C=C\C/C=C\CCCCCCCC(=O)OC(COC(=O)CCCCCCCCC/C=C\CCCCCCCC)COP(=O)([O-])OCC[N+](C)(C)C. The van der Waals surface area contributed by atoms with Gasteiger partial charge in [-0.3, -0.25) is 14.2 Å². The summed E-state index contributed by atoms with van der Waals surface area (Å²) in [5.74, 6) is -0.868. The van der Waals surface area contributed by atoms with Crippen LogP contribution in [0.5, 0.6) is 0 Å². The first-order valence-electron chi connectivity index (χ1n) is 29.2. The summed E-state index contributed by atoms with van der Waals surface area (Å²) in [6.45, 7) is 4.08. The summed E-state index contributed by atoms with van der Waals surface area (Å²) in [6, 6.07) is 0. The van der Waals surface area contributed by atoms with Crippen molar-refractivity contribution in [3.05, 3.63) is 122 Å². The quantitative estimate of drug-likeness (QED) is 0.0195. The molecule has 0 radical (unpaired) electrons. The van der Waals surface area contributed by atoms with Crippen LogP contribution < -0.4 is 4.89 Å². The minimum Gasteiger partial charge on any atom is -0.756 e. The number of carbonyl (C=O) groups is 2. The van der Waals surface area contributed by atoms with Gasteiger partial charge >= 0.3 is 11.9 Å². The lowest BCUT2D eigenvalue weighted by molar-refractivity contribution is -0.870. The fourth-order valence-corrected chi connectivity index (χ4v) is 8.19. The van der Waals surface area contributed by atoms with Gasteiger partial charge in [0.2, 0.25) is 0 Å². The standard InChI is InChI=1S/C64H108NO8P/c1-6-8-10-12-14-16-18-20-22-24-25-26-27-28-29-30-31-32-33-34-35-36-37-38-39-41-43-45-47-49-51-53-55-57-64(67)73-62(61-72-74(68,69)71-59-58-65(3,4)5)60-70-63(66)56-54-52-50-48-46-44-42-40-23-21-19-17-15-13-11-9-7-2/h8,10,14,16,20-23,25-26,28-29,31-32,34-35,37-38,41,43,62H,6-7,9,11-13,15,17-19,24,27,30,33,36,39-40,42,44-61H2,1-5H3/b10-8-,16-14-,22-20-,23-21-,26-25-,29-28-,32-31-,35-34-,38-37-,43-41-. The fraction of sp³-hybridized carbons (Fsp3) is 0.656. The van der Waals surface area contributed by atoms with Crippen LogP contribution in [0.1, 0.15) is 219 Å². The molecule has 0 aliphatic rings. The highest BCUT2D eigenvalue weighted by molar-refractivity contribution is 7.45. The van der Waals surface area contributed by atoms with E-state index in [1.807, 2.05) is 21.1 Å². The molecule has 74 heavy (non-hydrogen) atoms. The van der Waals surface area contributed by atoms with Crippen LogP contribution in [-0.2, 0) is 32.7 Å². The van der Waals surface area contributed by atoms with E-state index >= 15 is 0 Å². The maximum Gasteiger partial charge on any atom is 0.306 e. The van der Waals surface area contributed by atoms with E-state index in [4.69, 9.17) is 18.5 Å². The number of hydrogen-bond acceptors (Lipinski definition) is 8. The third kappa shape index (κ3) is 57.7. The van der Waals surface area contributed by atoms with E-state index in [0.717, 1.165) is 122 Å². The van der Waals surface area contributed by atoms with Gasteiger partial charge in [-0.1, -0.05) is 219 Å². The number of phosphoric ester groups is 1. The number of quaternary nitrogens is 1. The summed E-state index contributed by atoms with van der Waals surface area (Å²) in [6.07, 6.45) is 76.7. The Morgan fingerprint density at radius 2 is 0.770 bits per heavy atom. The predicted octanol–water partition coefficient (Wildman–Crippen LogP) is 17.7. The van der Waals surface area contributed by atoms with Crippen molar-refractivity contribution in [3.63, 3.8) is 0 Å². The van der Waals surface area contributed by atoms with Gasteiger partial charge in [0.15, 0.2) is 6.10 Å². The summed E-state index contributed by atoms with van der Waals surface area (Å²) in [5.41, 5.74) is 0. The van der Waals surface area contributed by atoms with Crippen LogP contribution in [0.2, 0.25) is 0 Å². The molecule has 0 heterocycles. The monoisotopic (exact) mass is 1050 g/mol. The molecule has 0 fully saturated rings. The van der Waals surface area contributed by atoms with E-state index in [0.29, 0.717) is 17.4 Å². The van der Waals surface area contributed by atoms with Gasteiger partial charge in [-0.05, 0) is 109 Å².